The van der Waals surface area contributed by atoms with Gasteiger partial charge in [-0.05, 0) is 0 Å². The standard InChI is InChI=1S/Br2Cl2Te/c1-5(2,3)4. The van der Waals surface area contributed by atoms with Gasteiger partial charge in [0.15, 0.2) is 0 Å². The molecule has 0 aromatic carbocycles. The van der Waals surface area contributed by atoms with Crippen LogP contribution in [0.4, 0.5) is 0 Å². The molecule has 0 aliphatic rings. The van der Waals surface area contributed by atoms with Gasteiger partial charge in [-0.1, -0.05) is 0 Å². The first-order valence-corrected chi connectivity index (χ1v) is 17.0. The van der Waals surface area contributed by atoms with Crippen LogP contribution in [-0.4, -0.2) is 11.5 Å². The summed E-state index contributed by atoms with van der Waals surface area (Å²) in [5, 5.41) is 0. The Hall–Kier alpha value is 2.33. The first kappa shape index (κ1) is 7.33. The molecule has 0 fully saturated rings. The van der Waals surface area contributed by atoms with Crippen LogP contribution in [0.3, 0.4) is 0 Å². The van der Waals surface area contributed by atoms with Gasteiger partial charge in [-0.2, -0.15) is 0 Å². The number of halogens is 4. The van der Waals surface area contributed by atoms with Crippen LogP contribution in [-0.2, 0) is 0 Å². The Morgan fingerprint density at radius 2 is 1.20 bits per heavy atom. The molecule has 0 N–H and O–H groups in total. The summed E-state index contributed by atoms with van der Waals surface area (Å²) in [7, 11) is 10.6. The summed E-state index contributed by atoms with van der Waals surface area (Å²) < 4.78 is 0. The van der Waals surface area contributed by atoms with Crippen molar-refractivity contribution in [1.29, 1.82) is 0 Å². The fourth-order valence-electron chi connectivity index (χ4n) is 0. The molecule has 0 heterocycles. The zero-order valence-corrected chi connectivity index (χ0v) is 8.93. The maximum atomic E-state index is 5.32. The summed E-state index contributed by atoms with van der Waals surface area (Å²) in [5.74, 6) is 0. The summed E-state index contributed by atoms with van der Waals surface area (Å²) in [4.78, 5) is 0. The fourth-order valence-corrected chi connectivity index (χ4v) is 0. The van der Waals surface area contributed by atoms with Crippen molar-refractivity contribution in [3.63, 3.8) is 0 Å². The Balaban J connectivity index is 3.02. The van der Waals surface area contributed by atoms with Gasteiger partial charge >= 0.3 is 55.0 Å². The molecule has 0 nitrogen and oxygen atoms in total. The van der Waals surface area contributed by atoms with Gasteiger partial charge in [-0.15, -0.1) is 0 Å². The van der Waals surface area contributed by atoms with Gasteiger partial charge < -0.3 is 0 Å². The maximum absolute atomic E-state index is 5.32. The molecule has 0 aromatic rings. The van der Waals surface area contributed by atoms with Crippen LogP contribution in [0.15, 0.2) is 0 Å². The molecule has 0 aliphatic heterocycles. The first-order chi connectivity index (χ1) is 2.00. The molecule has 0 saturated heterocycles. The second-order valence-corrected chi connectivity index (χ2v) is 38.5. The van der Waals surface area contributed by atoms with Gasteiger partial charge in [0.25, 0.3) is 0 Å². The van der Waals surface area contributed by atoms with E-state index in [1.807, 2.05) is 0 Å². The van der Waals surface area contributed by atoms with Gasteiger partial charge in [0, 0.05) is 0 Å². The molecule has 0 saturated carbocycles. The Morgan fingerprint density at radius 3 is 1.20 bits per heavy atom. The summed E-state index contributed by atoms with van der Waals surface area (Å²) in [6, 6.07) is 0. The molecule has 0 unspecified atom stereocenters. The molecule has 0 bridgehead atoms. The number of rotatable bonds is 0. The van der Waals surface area contributed by atoms with Crippen LogP contribution >= 0.6 is 43.4 Å². The van der Waals surface area contributed by atoms with Gasteiger partial charge in [0.1, 0.15) is 0 Å². The molecule has 0 spiro atoms. The summed E-state index contributed by atoms with van der Waals surface area (Å²) in [5.41, 5.74) is 0. The van der Waals surface area contributed by atoms with Crippen LogP contribution in [0.1, 0.15) is 0 Å². The number of hydrogen-bond donors (Lipinski definition) is 0. The zero-order valence-electron chi connectivity index (χ0n) is 1.92. The summed E-state index contributed by atoms with van der Waals surface area (Å²) >= 11 is 3.57. The molecule has 0 amide bonds. The van der Waals surface area contributed by atoms with Gasteiger partial charge in [-0.3, -0.25) is 0 Å². The predicted molar refractivity (Wildman–Crippen MR) is 35.3 cm³/mol. The molecular weight excluding hydrogens is 358 g/mol. The van der Waals surface area contributed by atoms with Crippen LogP contribution in [0.2, 0.25) is 0 Å². The number of hydrogen-bond acceptors (Lipinski definition) is 0. The first-order valence-electron chi connectivity index (χ1n) is 0.617. The van der Waals surface area contributed by atoms with E-state index >= 15 is 0 Å². The normalized spacial score (nSPS) is 15.2. The van der Waals surface area contributed by atoms with Crippen molar-refractivity contribution in [2.24, 2.45) is 0 Å². The second kappa shape index (κ2) is 2.59. The van der Waals surface area contributed by atoms with Crippen molar-refractivity contribution in [2.75, 3.05) is 0 Å². The molecular formula is Br2Cl2Te. The fraction of sp³-hybridized carbons (Fsp3) is 0. The Labute approximate surface area is 54.1 Å². The average Bonchev–Trinajstić information content (AvgIpc) is 0.722. The monoisotopic (exact) mass is 358 g/mol. The van der Waals surface area contributed by atoms with Gasteiger partial charge in [0.2, 0.25) is 0 Å². The van der Waals surface area contributed by atoms with Crippen molar-refractivity contribution < 1.29 is 0 Å². The van der Waals surface area contributed by atoms with Gasteiger partial charge in [-0.25, -0.2) is 0 Å². The molecule has 5 heteroatoms. The minimum atomic E-state index is -2.45. The second-order valence-electron chi connectivity index (χ2n) is 0.350. The summed E-state index contributed by atoms with van der Waals surface area (Å²) in [6.07, 6.45) is 0. The van der Waals surface area contributed by atoms with Crippen LogP contribution in [0, 0.1) is 0 Å². The Morgan fingerprint density at radius 1 is 1.20 bits per heavy atom. The molecule has 5 heavy (non-hydrogen) atoms. The van der Waals surface area contributed by atoms with E-state index in [4.69, 9.17) is 17.9 Å². The molecule has 0 aliphatic carbocycles. The Kier molecular flexibility index (Phi) is 3.80. The average molecular weight is 358 g/mol. The van der Waals surface area contributed by atoms with E-state index in [-0.39, 0.29) is 0 Å². The molecule has 0 aromatic heterocycles. The third-order valence-electron chi connectivity index (χ3n) is 0. The van der Waals surface area contributed by atoms with E-state index < -0.39 is 11.5 Å². The van der Waals surface area contributed by atoms with E-state index in [1.165, 1.54) is 0 Å². The van der Waals surface area contributed by atoms with Crippen LogP contribution in [0.5, 0.6) is 0 Å². The SMILES string of the molecule is Cl[Te](Cl)(Br)Br. The van der Waals surface area contributed by atoms with Crippen molar-refractivity contribution >= 4 is 55.0 Å². The minimum absolute atomic E-state index is 2.45. The third-order valence-corrected chi connectivity index (χ3v) is 0. The third kappa shape index (κ3) is 21.9. The molecule has 34 valence electrons. The van der Waals surface area contributed by atoms with Crippen LogP contribution in [0.25, 0.3) is 0 Å². The van der Waals surface area contributed by atoms with Crippen molar-refractivity contribution in [2.45, 2.75) is 0 Å². The summed E-state index contributed by atoms with van der Waals surface area (Å²) in [6.45, 7) is 0. The van der Waals surface area contributed by atoms with E-state index in [0.29, 0.717) is 0 Å². The topological polar surface area (TPSA) is 0 Å². The van der Waals surface area contributed by atoms with Gasteiger partial charge in [0.05, 0.1) is 0 Å². The zero-order chi connectivity index (χ0) is 4.50. The van der Waals surface area contributed by atoms with Crippen LogP contribution < -0.4 is 0 Å². The van der Waals surface area contributed by atoms with E-state index in [0.717, 1.165) is 0 Å². The van der Waals surface area contributed by atoms with Crippen molar-refractivity contribution in [1.82, 2.24) is 0 Å². The quantitative estimate of drug-likeness (QED) is 0.584. The molecule has 0 rings (SSSR count). The van der Waals surface area contributed by atoms with Crippen molar-refractivity contribution in [3.8, 4) is 0 Å². The molecule has 0 radical (unpaired) electrons. The van der Waals surface area contributed by atoms with E-state index in [1.54, 1.807) is 0 Å². The van der Waals surface area contributed by atoms with E-state index in [2.05, 4.69) is 25.5 Å². The Bertz CT molecular complexity index is 23.1. The van der Waals surface area contributed by atoms with Crippen molar-refractivity contribution in [3.05, 3.63) is 0 Å². The predicted octanol–water partition coefficient (Wildman–Crippen LogP) is 2.69. The van der Waals surface area contributed by atoms with E-state index in [9.17, 15) is 0 Å². The molecule has 0 atom stereocenters.